The van der Waals surface area contributed by atoms with Crippen molar-refractivity contribution in [3.8, 4) is 11.3 Å². The second kappa shape index (κ2) is 11.3. The molecule has 1 aromatic carbocycles. The van der Waals surface area contributed by atoms with E-state index in [1.807, 2.05) is 19.9 Å². The predicted molar refractivity (Wildman–Crippen MR) is 132 cm³/mol. The molecular formula is C26H35BrN2O5. The first-order chi connectivity index (χ1) is 16.3. The van der Waals surface area contributed by atoms with E-state index < -0.39 is 11.8 Å². The van der Waals surface area contributed by atoms with Gasteiger partial charge in [0.1, 0.15) is 6.61 Å². The highest BCUT2D eigenvalue weighted by atomic mass is 79.9. The lowest BCUT2D eigenvalue weighted by Crippen LogP contribution is -2.23. The Morgan fingerprint density at radius 1 is 1.21 bits per heavy atom. The van der Waals surface area contributed by atoms with Gasteiger partial charge in [-0.15, -0.1) is 0 Å². The van der Waals surface area contributed by atoms with Crippen molar-refractivity contribution < 1.29 is 24.1 Å². The molecule has 1 saturated heterocycles. The van der Waals surface area contributed by atoms with Crippen LogP contribution in [0.5, 0.6) is 0 Å². The molecule has 34 heavy (non-hydrogen) atoms. The number of benzene rings is 1. The summed E-state index contributed by atoms with van der Waals surface area (Å²) in [4.78, 5) is 10.7. The van der Waals surface area contributed by atoms with Gasteiger partial charge in [-0.3, -0.25) is 4.68 Å². The van der Waals surface area contributed by atoms with E-state index in [-0.39, 0.29) is 12.7 Å². The quantitative estimate of drug-likeness (QED) is 0.445. The minimum atomic E-state index is -0.905. The van der Waals surface area contributed by atoms with E-state index in [2.05, 4.69) is 44.9 Å². The fraction of sp³-hybridized carbons (Fsp3) is 0.615. The molecule has 1 atom stereocenters. The van der Waals surface area contributed by atoms with Crippen molar-refractivity contribution >= 4 is 21.9 Å². The van der Waals surface area contributed by atoms with E-state index in [4.69, 9.17) is 24.4 Å². The Morgan fingerprint density at radius 2 is 1.91 bits per heavy atom. The molecule has 7 nitrogen and oxygen atoms in total. The van der Waals surface area contributed by atoms with Gasteiger partial charge in [0.15, 0.2) is 5.79 Å². The third-order valence-electron chi connectivity index (χ3n) is 6.76. The van der Waals surface area contributed by atoms with Crippen LogP contribution in [0.2, 0.25) is 0 Å². The summed E-state index contributed by atoms with van der Waals surface area (Å²) in [7, 11) is 0. The Balaban J connectivity index is 1.42. The summed E-state index contributed by atoms with van der Waals surface area (Å²) in [6.45, 7) is 5.74. The largest absolute Gasteiger partial charge is 0.480 e. The van der Waals surface area contributed by atoms with E-state index in [1.165, 1.54) is 0 Å². The molecule has 1 aromatic heterocycles. The summed E-state index contributed by atoms with van der Waals surface area (Å²) in [6, 6.07) is 10.4. The lowest BCUT2D eigenvalue weighted by Gasteiger charge is -2.28. The van der Waals surface area contributed by atoms with Gasteiger partial charge in [0, 0.05) is 12.1 Å². The van der Waals surface area contributed by atoms with Gasteiger partial charge < -0.3 is 19.3 Å². The van der Waals surface area contributed by atoms with Crippen LogP contribution in [0.25, 0.3) is 11.3 Å². The van der Waals surface area contributed by atoms with Crippen LogP contribution in [0.4, 0.5) is 0 Å². The van der Waals surface area contributed by atoms with Crippen molar-refractivity contribution in [2.45, 2.75) is 70.8 Å². The van der Waals surface area contributed by atoms with Crippen LogP contribution in [0.1, 0.15) is 51.6 Å². The van der Waals surface area contributed by atoms with Gasteiger partial charge in [0.05, 0.1) is 35.2 Å². The minimum absolute atomic E-state index is 0.0887. The van der Waals surface area contributed by atoms with Gasteiger partial charge in [0.25, 0.3) is 0 Å². The van der Waals surface area contributed by atoms with Gasteiger partial charge >= 0.3 is 5.97 Å². The van der Waals surface area contributed by atoms with E-state index in [9.17, 15) is 4.79 Å². The number of nitrogens with zero attached hydrogens (tertiary/aromatic N) is 2. The second-order valence-corrected chi connectivity index (χ2v) is 10.7. The first-order valence-corrected chi connectivity index (χ1v) is 13.0. The molecule has 1 aliphatic heterocycles. The summed E-state index contributed by atoms with van der Waals surface area (Å²) >= 11 is 3.87. The number of carboxylic acid groups (broad SMARTS) is 1. The standard InChI is InChI=1S/C26H35BrN2O5/c1-26(2)33-16-21(34-26)12-13-22-24(27)25(20-6-4-3-5-7-20)29(28-22)14-18-8-10-19(11-9-18)15-32-17-23(30)31/h3-7,18-19,21H,8-17H2,1-2H3,(H,30,31)/t18?,19?,21-/m1/s1. The molecule has 0 amide bonds. The Hall–Kier alpha value is -1.74. The van der Waals surface area contributed by atoms with E-state index in [1.54, 1.807) is 0 Å². The maximum atomic E-state index is 10.7. The number of hydrogen-bond donors (Lipinski definition) is 1. The van der Waals surface area contributed by atoms with Crippen LogP contribution in [0.15, 0.2) is 34.8 Å². The zero-order valence-electron chi connectivity index (χ0n) is 20.0. The molecule has 0 bridgehead atoms. The number of aryl methyl sites for hydroxylation is 1. The molecule has 1 N–H and O–H groups in total. The molecule has 2 fully saturated rings. The van der Waals surface area contributed by atoms with Crippen molar-refractivity contribution in [2.24, 2.45) is 11.8 Å². The van der Waals surface area contributed by atoms with Gasteiger partial charge in [-0.05, 0) is 80.1 Å². The summed E-state index contributed by atoms with van der Waals surface area (Å²) in [5.74, 6) is -0.418. The molecule has 4 rings (SSSR count). The van der Waals surface area contributed by atoms with Crippen molar-refractivity contribution in [3.05, 3.63) is 40.5 Å². The smallest absolute Gasteiger partial charge is 0.329 e. The number of carboxylic acids is 1. The molecule has 0 unspecified atom stereocenters. The summed E-state index contributed by atoms with van der Waals surface area (Å²) in [5, 5.41) is 13.8. The fourth-order valence-corrected chi connectivity index (χ4v) is 5.71. The third kappa shape index (κ3) is 6.68. The van der Waals surface area contributed by atoms with Crippen molar-refractivity contribution in [2.75, 3.05) is 19.8 Å². The second-order valence-electron chi connectivity index (χ2n) is 9.94. The van der Waals surface area contributed by atoms with Crippen LogP contribution < -0.4 is 0 Å². The molecule has 2 aliphatic rings. The van der Waals surface area contributed by atoms with Crippen LogP contribution in [0.3, 0.4) is 0 Å². The molecule has 1 saturated carbocycles. The SMILES string of the molecule is CC1(C)OC[C@@H](CCc2nn(CC3CCC(COCC(=O)O)CC3)c(-c3ccccc3)c2Br)O1. The molecule has 0 radical (unpaired) electrons. The lowest BCUT2D eigenvalue weighted by atomic mass is 9.82. The fourth-order valence-electron chi connectivity index (χ4n) is 4.99. The third-order valence-corrected chi connectivity index (χ3v) is 7.59. The number of aliphatic carboxylic acids is 1. The highest BCUT2D eigenvalue weighted by Gasteiger charge is 2.33. The molecular weight excluding hydrogens is 500 g/mol. The summed E-state index contributed by atoms with van der Waals surface area (Å²) in [5.41, 5.74) is 3.35. The van der Waals surface area contributed by atoms with Crippen LogP contribution in [0, 0.1) is 11.8 Å². The highest BCUT2D eigenvalue weighted by molar-refractivity contribution is 9.10. The average Bonchev–Trinajstić information content (AvgIpc) is 3.31. The number of halogens is 1. The number of hydrogen-bond acceptors (Lipinski definition) is 5. The first kappa shape index (κ1) is 25.4. The number of rotatable bonds is 10. The summed E-state index contributed by atoms with van der Waals surface area (Å²) < 4.78 is 20.3. The van der Waals surface area contributed by atoms with Crippen molar-refractivity contribution in [3.63, 3.8) is 0 Å². The Kier molecular flexibility index (Phi) is 8.45. The Labute approximate surface area is 209 Å². The maximum absolute atomic E-state index is 10.7. The predicted octanol–water partition coefficient (Wildman–Crippen LogP) is 5.30. The van der Waals surface area contributed by atoms with Gasteiger partial charge in [0.2, 0.25) is 0 Å². The number of ether oxygens (including phenoxy) is 3. The highest BCUT2D eigenvalue weighted by Crippen LogP contribution is 2.36. The van der Waals surface area contributed by atoms with Crippen molar-refractivity contribution in [1.29, 1.82) is 0 Å². The topological polar surface area (TPSA) is 82.8 Å². The lowest BCUT2D eigenvalue weighted by molar-refractivity contribution is -0.142. The Morgan fingerprint density at radius 3 is 2.56 bits per heavy atom. The van der Waals surface area contributed by atoms with E-state index in [0.29, 0.717) is 25.0 Å². The maximum Gasteiger partial charge on any atom is 0.329 e. The summed E-state index contributed by atoms with van der Waals surface area (Å²) in [6.07, 6.45) is 6.12. The zero-order valence-corrected chi connectivity index (χ0v) is 21.6. The monoisotopic (exact) mass is 534 g/mol. The normalized spacial score (nSPS) is 24.4. The van der Waals surface area contributed by atoms with Gasteiger partial charge in [-0.2, -0.15) is 5.10 Å². The number of aromatic nitrogens is 2. The molecule has 186 valence electrons. The molecule has 8 heteroatoms. The van der Waals surface area contributed by atoms with E-state index >= 15 is 0 Å². The van der Waals surface area contributed by atoms with Gasteiger partial charge in [-0.25, -0.2) is 4.79 Å². The Bertz CT molecular complexity index is 954. The average molecular weight is 535 g/mol. The van der Waals surface area contributed by atoms with Gasteiger partial charge in [-0.1, -0.05) is 30.3 Å². The van der Waals surface area contributed by atoms with Crippen molar-refractivity contribution in [1.82, 2.24) is 9.78 Å². The van der Waals surface area contributed by atoms with Crippen LogP contribution >= 0.6 is 15.9 Å². The minimum Gasteiger partial charge on any atom is -0.480 e. The molecule has 2 heterocycles. The van der Waals surface area contributed by atoms with E-state index in [0.717, 1.165) is 66.5 Å². The molecule has 0 spiro atoms. The molecule has 2 aromatic rings. The number of carbonyl (C=O) groups is 1. The van der Waals surface area contributed by atoms with Crippen LogP contribution in [-0.4, -0.2) is 52.6 Å². The zero-order chi connectivity index (χ0) is 24.1. The first-order valence-electron chi connectivity index (χ1n) is 12.2. The van der Waals surface area contributed by atoms with Crippen LogP contribution in [-0.2, 0) is 32.0 Å². The molecule has 1 aliphatic carbocycles.